The highest BCUT2D eigenvalue weighted by atomic mass is 15.2. The standard InChI is InChI=1S/C8H18N2/c1-7(2)10-5-8(6-10)3-4-9/h7-8H,3-6,9H2,1-2H3. The largest absolute Gasteiger partial charge is 0.330 e. The lowest BCUT2D eigenvalue weighted by Crippen LogP contribution is -2.50. The maximum absolute atomic E-state index is 5.44. The predicted octanol–water partition coefficient (Wildman–Crippen LogP) is 0.675. The van der Waals surface area contributed by atoms with Crippen LogP contribution in [0.1, 0.15) is 20.3 Å². The van der Waals surface area contributed by atoms with Gasteiger partial charge in [0.1, 0.15) is 0 Å². The molecule has 0 spiro atoms. The third-order valence-electron chi connectivity index (χ3n) is 2.29. The predicted molar refractivity (Wildman–Crippen MR) is 43.9 cm³/mol. The lowest BCUT2D eigenvalue weighted by Gasteiger charge is -2.42. The first-order chi connectivity index (χ1) is 4.74. The van der Waals surface area contributed by atoms with Crippen LogP contribution in [0.5, 0.6) is 0 Å². The van der Waals surface area contributed by atoms with Gasteiger partial charge in [-0.3, -0.25) is 0 Å². The monoisotopic (exact) mass is 142 g/mol. The Morgan fingerprint density at radius 1 is 1.50 bits per heavy atom. The molecule has 10 heavy (non-hydrogen) atoms. The highest BCUT2D eigenvalue weighted by Crippen LogP contribution is 2.20. The summed E-state index contributed by atoms with van der Waals surface area (Å²) >= 11 is 0. The normalized spacial score (nSPS) is 21.6. The lowest BCUT2D eigenvalue weighted by atomic mass is 9.95. The van der Waals surface area contributed by atoms with Crippen molar-refractivity contribution in [2.24, 2.45) is 11.7 Å². The van der Waals surface area contributed by atoms with E-state index in [1.165, 1.54) is 19.5 Å². The zero-order valence-corrected chi connectivity index (χ0v) is 7.01. The van der Waals surface area contributed by atoms with Crippen LogP contribution in [0.2, 0.25) is 0 Å². The van der Waals surface area contributed by atoms with Gasteiger partial charge >= 0.3 is 0 Å². The van der Waals surface area contributed by atoms with Crippen LogP contribution in [0.15, 0.2) is 0 Å². The van der Waals surface area contributed by atoms with Gasteiger partial charge in [-0.05, 0) is 32.7 Å². The van der Waals surface area contributed by atoms with Crippen molar-refractivity contribution in [1.29, 1.82) is 0 Å². The molecule has 0 unspecified atom stereocenters. The lowest BCUT2D eigenvalue weighted by molar-refractivity contribution is 0.0643. The summed E-state index contributed by atoms with van der Waals surface area (Å²) in [5.74, 6) is 0.896. The van der Waals surface area contributed by atoms with Gasteiger partial charge in [-0.25, -0.2) is 0 Å². The van der Waals surface area contributed by atoms with Crippen LogP contribution in [0.4, 0.5) is 0 Å². The van der Waals surface area contributed by atoms with Gasteiger partial charge < -0.3 is 10.6 Å². The highest BCUT2D eigenvalue weighted by molar-refractivity contribution is 4.81. The smallest absolute Gasteiger partial charge is 0.00388 e. The second-order valence-corrected chi connectivity index (χ2v) is 3.49. The van der Waals surface area contributed by atoms with Gasteiger partial charge in [0.25, 0.3) is 0 Å². The van der Waals surface area contributed by atoms with Crippen LogP contribution >= 0.6 is 0 Å². The molecule has 0 aromatic rings. The Morgan fingerprint density at radius 2 is 2.10 bits per heavy atom. The Bertz CT molecular complexity index is 95.4. The number of nitrogens with two attached hydrogens (primary N) is 1. The first-order valence-electron chi connectivity index (χ1n) is 4.18. The Morgan fingerprint density at radius 3 is 2.50 bits per heavy atom. The van der Waals surface area contributed by atoms with E-state index in [1.54, 1.807) is 0 Å². The molecular formula is C8H18N2. The van der Waals surface area contributed by atoms with Crippen molar-refractivity contribution in [2.45, 2.75) is 26.3 Å². The number of rotatable bonds is 3. The fourth-order valence-electron chi connectivity index (χ4n) is 1.45. The van der Waals surface area contributed by atoms with E-state index in [2.05, 4.69) is 18.7 Å². The van der Waals surface area contributed by atoms with Crippen molar-refractivity contribution in [3.05, 3.63) is 0 Å². The van der Waals surface area contributed by atoms with E-state index in [-0.39, 0.29) is 0 Å². The van der Waals surface area contributed by atoms with Crippen molar-refractivity contribution < 1.29 is 0 Å². The van der Waals surface area contributed by atoms with Gasteiger partial charge in [0.15, 0.2) is 0 Å². The molecule has 0 bridgehead atoms. The van der Waals surface area contributed by atoms with Gasteiger partial charge in [-0.15, -0.1) is 0 Å². The van der Waals surface area contributed by atoms with Crippen molar-refractivity contribution in [2.75, 3.05) is 19.6 Å². The molecule has 1 aliphatic rings. The zero-order valence-electron chi connectivity index (χ0n) is 7.01. The Labute approximate surface area is 63.4 Å². The molecule has 0 radical (unpaired) electrons. The summed E-state index contributed by atoms with van der Waals surface area (Å²) in [6.45, 7) is 7.90. The van der Waals surface area contributed by atoms with Gasteiger partial charge in [-0.2, -0.15) is 0 Å². The fraction of sp³-hybridized carbons (Fsp3) is 1.00. The summed E-state index contributed by atoms with van der Waals surface area (Å²) in [6.07, 6.45) is 1.21. The highest BCUT2D eigenvalue weighted by Gasteiger charge is 2.26. The molecule has 1 rings (SSSR count). The molecule has 0 amide bonds. The van der Waals surface area contributed by atoms with Crippen molar-refractivity contribution in [1.82, 2.24) is 4.90 Å². The summed E-state index contributed by atoms with van der Waals surface area (Å²) in [5.41, 5.74) is 5.44. The fourth-order valence-corrected chi connectivity index (χ4v) is 1.45. The third kappa shape index (κ3) is 1.70. The zero-order chi connectivity index (χ0) is 7.56. The average Bonchev–Trinajstić information content (AvgIpc) is 1.76. The second kappa shape index (κ2) is 3.35. The molecule has 0 aliphatic carbocycles. The van der Waals surface area contributed by atoms with E-state index in [4.69, 9.17) is 5.73 Å². The minimum atomic E-state index is 0.731. The topological polar surface area (TPSA) is 29.3 Å². The van der Waals surface area contributed by atoms with Gasteiger partial charge in [-0.1, -0.05) is 0 Å². The molecule has 2 N–H and O–H groups in total. The van der Waals surface area contributed by atoms with Gasteiger partial charge in [0, 0.05) is 19.1 Å². The SMILES string of the molecule is CC(C)N1CC(CCN)C1. The minimum Gasteiger partial charge on any atom is -0.330 e. The Hall–Kier alpha value is -0.0800. The van der Waals surface area contributed by atoms with E-state index in [9.17, 15) is 0 Å². The molecule has 2 nitrogen and oxygen atoms in total. The molecule has 60 valence electrons. The number of hydrogen-bond donors (Lipinski definition) is 1. The first-order valence-corrected chi connectivity index (χ1v) is 4.18. The van der Waals surface area contributed by atoms with E-state index >= 15 is 0 Å². The summed E-state index contributed by atoms with van der Waals surface area (Å²) in [5, 5.41) is 0. The minimum absolute atomic E-state index is 0.731. The molecule has 1 fully saturated rings. The summed E-state index contributed by atoms with van der Waals surface area (Å²) in [6, 6.07) is 0.731. The molecule has 0 aromatic carbocycles. The molecule has 0 atom stereocenters. The van der Waals surface area contributed by atoms with Crippen molar-refractivity contribution >= 4 is 0 Å². The number of hydrogen-bond acceptors (Lipinski definition) is 2. The van der Waals surface area contributed by atoms with Gasteiger partial charge in [0.05, 0.1) is 0 Å². The van der Waals surface area contributed by atoms with E-state index in [0.29, 0.717) is 0 Å². The van der Waals surface area contributed by atoms with Crippen LogP contribution in [-0.2, 0) is 0 Å². The van der Waals surface area contributed by atoms with Crippen LogP contribution < -0.4 is 5.73 Å². The molecule has 1 aliphatic heterocycles. The summed E-state index contributed by atoms with van der Waals surface area (Å²) < 4.78 is 0. The molecule has 2 heteroatoms. The van der Waals surface area contributed by atoms with Crippen LogP contribution in [0.3, 0.4) is 0 Å². The van der Waals surface area contributed by atoms with Crippen LogP contribution in [-0.4, -0.2) is 30.6 Å². The summed E-state index contributed by atoms with van der Waals surface area (Å²) in [7, 11) is 0. The van der Waals surface area contributed by atoms with E-state index in [1.807, 2.05) is 0 Å². The van der Waals surface area contributed by atoms with Crippen molar-refractivity contribution in [3.63, 3.8) is 0 Å². The molecule has 0 aromatic heterocycles. The number of nitrogens with zero attached hydrogens (tertiary/aromatic N) is 1. The Balaban J connectivity index is 2.06. The maximum atomic E-state index is 5.44. The van der Waals surface area contributed by atoms with Crippen molar-refractivity contribution in [3.8, 4) is 0 Å². The van der Waals surface area contributed by atoms with Crippen LogP contribution in [0, 0.1) is 5.92 Å². The molecule has 0 saturated carbocycles. The second-order valence-electron chi connectivity index (χ2n) is 3.49. The van der Waals surface area contributed by atoms with E-state index in [0.717, 1.165) is 18.5 Å². The molecular weight excluding hydrogens is 124 g/mol. The summed E-state index contributed by atoms with van der Waals surface area (Å²) in [4.78, 5) is 2.49. The number of likely N-dealkylation sites (tertiary alicyclic amines) is 1. The molecule has 1 heterocycles. The Kier molecular flexibility index (Phi) is 2.69. The maximum Gasteiger partial charge on any atom is 0.00388 e. The quantitative estimate of drug-likeness (QED) is 0.627. The average molecular weight is 142 g/mol. The molecule has 1 saturated heterocycles. The van der Waals surface area contributed by atoms with Gasteiger partial charge in [0.2, 0.25) is 0 Å². The third-order valence-corrected chi connectivity index (χ3v) is 2.29. The van der Waals surface area contributed by atoms with E-state index < -0.39 is 0 Å². The van der Waals surface area contributed by atoms with Crippen LogP contribution in [0.25, 0.3) is 0 Å². The first kappa shape index (κ1) is 8.02.